The minimum Gasteiger partial charge on any atom is -0.388 e. The molecule has 1 aliphatic heterocycles. The van der Waals surface area contributed by atoms with E-state index in [0.29, 0.717) is 22.4 Å². The Kier molecular flexibility index (Phi) is 6.73. The molecule has 11 heteroatoms. The molecule has 10 nitrogen and oxygen atoms in total. The average molecular weight is 474 g/mol. The number of aromatic nitrogens is 1. The van der Waals surface area contributed by atoms with Gasteiger partial charge in [-0.2, -0.15) is 0 Å². The summed E-state index contributed by atoms with van der Waals surface area (Å²) < 4.78 is 23.7. The average Bonchev–Trinajstić information content (AvgIpc) is 3.32. The third-order valence-electron chi connectivity index (χ3n) is 5.69. The van der Waals surface area contributed by atoms with Crippen molar-refractivity contribution < 1.29 is 33.1 Å². The van der Waals surface area contributed by atoms with Crippen LogP contribution in [0.5, 0.6) is 0 Å². The number of aliphatic hydroxyl groups excluding tert-OH is 1. The summed E-state index contributed by atoms with van der Waals surface area (Å²) in [6, 6.07) is 7.84. The molecule has 0 unspecified atom stereocenters. The molecular weight excluding hydrogens is 450 g/mol. The molecule has 0 aliphatic carbocycles. The molecule has 0 spiro atoms. The van der Waals surface area contributed by atoms with Crippen LogP contribution in [0.25, 0.3) is 0 Å². The highest BCUT2D eigenvalue weighted by Crippen LogP contribution is 2.25. The molecule has 0 saturated carbocycles. The zero-order valence-corrected chi connectivity index (χ0v) is 18.8. The molecule has 3 N–H and O–H groups in total. The number of fused-ring (bicyclic) bond motifs is 1. The fourth-order valence-electron chi connectivity index (χ4n) is 3.38. The van der Waals surface area contributed by atoms with Gasteiger partial charge < -0.3 is 10.0 Å². The number of hydroxylamine groups is 1. The number of amides is 2. The van der Waals surface area contributed by atoms with Crippen LogP contribution < -0.4 is 5.48 Å². The Hall–Kier alpha value is -3.46. The van der Waals surface area contributed by atoms with E-state index in [1.807, 2.05) is 0 Å². The SMILES string of the molecule is C[C@@](CCN1Cc2cc(C#Cc3ccc(C(=O)CO)cc3)cn2C1=O)(C(=O)NO)S(C)(=O)=O. The minimum absolute atomic E-state index is 0.00256. The van der Waals surface area contributed by atoms with Gasteiger partial charge in [0.25, 0.3) is 5.91 Å². The van der Waals surface area contributed by atoms with Crippen molar-refractivity contribution in [3.8, 4) is 11.8 Å². The summed E-state index contributed by atoms with van der Waals surface area (Å²) in [5.74, 6) is 4.46. The number of nitrogens with zero attached hydrogens (tertiary/aromatic N) is 2. The summed E-state index contributed by atoms with van der Waals surface area (Å²) in [5, 5.41) is 17.8. The Bertz CT molecular complexity index is 1270. The highest BCUT2D eigenvalue weighted by molar-refractivity contribution is 7.92. The second kappa shape index (κ2) is 9.19. The lowest BCUT2D eigenvalue weighted by molar-refractivity contribution is -0.131. The highest BCUT2D eigenvalue weighted by Gasteiger charge is 2.44. The van der Waals surface area contributed by atoms with Crippen molar-refractivity contribution in [1.29, 1.82) is 0 Å². The van der Waals surface area contributed by atoms with E-state index in [1.165, 1.54) is 21.9 Å². The van der Waals surface area contributed by atoms with Gasteiger partial charge in [-0.1, -0.05) is 24.0 Å². The predicted molar refractivity (Wildman–Crippen MR) is 117 cm³/mol. The normalized spacial score (nSPS) is 14.8. The van der Waals surface area contributed by atoms with Crippen molar-refractivity contribution in [2.24, 2.45) is 0 Å². The van der Waals surface area contributed by atoms with Crippen molar-refractivity contribution in [3.63, 3.8) is 0 Å². The zero-order valence-electron chi connectivity index (χ0n) is 18.0. The van der Waals surface area contributed by atoms with Crippen molar-refractivity contribution in [2.75, 3.05) is 19.4 Å². The van der Waals surface area contributed by atoms with Gasteiger partial charge in [0.1, 0.15) is 6.61 Å². The molecule has 1 atom stereocenters. The van der Waals surface area contributed by atoms with E-state index >= 15 is 0 Å². The molecule has 2 aromatic rings. The summed E-state index contributed by atoms with van der Waals surface area (Å²) in [6.45, 7) is 0.861. The molecule has 0 fully saturated rings. The van der Waals surface area contributed by atoms with Crippen LogP contribution in [-0.4, -0.2) is 70.1 Å². The van der Waals surface area contributed by atoms with Gasteiger partial charge in [-0.25, -0.2) is 18.7 Å². The van der Waals surface area contributed by atoms with Crippen molar-refractivity contribution >= 4 is 27.6 Å². The van der Waals surface area contributed by atoms with E-state index in [0.717, 1.165) is 6.26 Å². The number of benzene rings is 1. The molecule has 0 saturated heterocycles. The van der Waals surface area contributed by atoms with Crippen LogP contribution in [0.1, 0.15) is 40.5 Å². The molecule has 0 bridgehead atoms. The Morgan fingerprint density at radius 3 is 2.36 bits per heavy atom. The number of carbonyl (C=O) groups excluding carboxylic acids is 3. The number of sulfone groups is 1. The van der Waals surface area contributed by atoms with E-state index in [9.17, 15) is 22.8 Å². The highest BCUT2D eigenvalue weighted by atomic mass is 32.2. The van der Waals surface area contributed by atoms with Gasteiger partial charge in [-0.05, 0) is 31.5 Å². The van der Waals surface area contributed by atoms with Crippen LogP contribution >= 0.6 is 0 Å². The first-order valence-electron chi connectivity index (χ1n) is 9.91. The number of rotatable bonds is 7. The Labute approximate surface area is 190 Å². The minimum atomic E-state index is -3.85. The summed E-state index contributed by atoms with van der Waals surface area (Å²) in [5.41, 5.74) is 3.71. The first-order valence-corrected chi connectivity index (χ1v) is 11.8. The van der Waals surface area contributed by atoms with Gasteiger partial charge >= 0.3 is 6.03 Å². The lowest BCUT2D eigenvalue weighted by Crippen LogP contribution is -2.50. The van der Waals surface area contributed by atoms with Gasteiger partial charge in [0.2, 0.25) is 0 Å². The number of ketones is 1. The number of hydrogen-bond donors (Lipinski definition) is 3. The Balaban J connectivity index is 1.69. The van der Waals surface area contributed by atoms with Crippen LogP contribution in [0.4, 0.5) is 4.79 Å². The molecule has 1 aromatic heterocycles. The van der Waals surface area contributed by atoms with Gasteiger partial charge in [0.15, 0.2) is 20.4 Å². The topological polar surface area (TPSA) is 146 Å². The molecule has 1 aliphatic rings. The smallest absolute Gasteiger partial charge is 0.328 e. The fourth-order valence-corrected chi connectivity index (χ4v) is 4.22. The predicted octanol–water partition coefficient (Wildman–Crippen LogP) is 0.545. The summed E-state index contributed by atoms with van der Waals surface area (Å²) >= 11 is 0. The van der Waals surface area contributed by atoms with Crippen molar-refractivity contribution in [3.05, 3.63) is 58.9 Å². The van der Waals surface area contributed by atoms with Gasteiger partial charge in [0.05, 0.1) is 6.54 Å². The van der Waals surface area contributed by atoms with E-state index in [-0.39, 0.29) is 31.3 Å². The van der Waals surface area contributed by atoms with Crippen LogP contribution in [0.15, 0.2) is 36.5 Å². The fraction of sp³-hybridized carbons (Fsp3) is 0.318. The van der Waals surface area contributed by atoms with Gasteiger partial charge in [0, 0.05) is 41.4 Å². The lowest BCUT2D eigenvalue weighted by atomic mass is 10.1. The monoisotopic (exact) mass is 473 g/mol. The maximum atomic E-state index is 12.7. The summed E-state index contributed by atoms with van der Waals surface area (Å²) in [6.07, 6.45) is 2.29. The van der Waals surface area contributed by atoms with Crippen LogP contribution in [0.2, 0.25) is 0 Å². The first kappa shape index (κ1) is 24.2. The second-order valence-corrected chi connectivity index (χ2v) is 10.3. The third-order valence-corrected chi connectivity index (χ3v) is 7.72. The molecule has 2 heterocycles. The summed E-state index contributed by atoms with van der Waals surface area (Å²) in [4.78, 5) is 37.5. The maximum absolute atomic E-state index is 12.7. The van der Waals surface area contributed by atoms with Gasteiger partial charge in [-0.15, -0.1) is 0 Å². The number of aliphatic hydroxyl groups is 1. The number of nitrogens with one attached hydrogen (secondary N) is 1. The molecule has 1 aromatic carbocycles. The number of Topliss-reactive ketones (excluding diaryl/α,β-unsaturated/α-hetero) is 1. The van der Waals surface area contributed by atoms with Crippen LogP contribution in [0, 0.1) is 11.8 Å². The van der Waals surface area contributed by atoms with Crippen molar-refractivity contribution in [1.82, 2.24) is 14.9 Å². The third kappa shape index (κ3) is 4.83. The molecule has 2 amide bonds. The second-order valence-electron chi connectivity index (χ2n) is 7.90. The van der Waals surface area contributed by atoms with Gasteiger partial charge in [-0.3, -0.25) is 19.4 Å². The molecule has 33 heavy (non-hydrogen) atoms. The van der Waals surface area contributed by atoms with Crippen molar-refractivity contribution in [2.45, 2.75) is 24.6 Å². The largest absolute Gasteiger partial charge is 0.388 e. The quantitative estimate of drug-likeness (QED) is 0.230. The Morgan fingerprint density at radius 1 is 1.18 bits per heavy atom. The Morgan fingerprint density at radius 2 is 1.82 bits per heavy atom. The zero-order chi connectivity index (χ0) is 24.4. The summed E-state index contributed by atoms with van der Waals surface area (Å²) in [7, 11) is -3.85. The molecule has 3 rings (SSSR count). The molecular formula is C22H23N3O7S. The first-order chi connectivity index (χ1) is 15.5. The standard InChI is InChI=1S/C22H23N3O7S/c1-22(20(28)23-30,33(2,31)32)9-10-24-13-18-11-16(12-25(18)21(24)29)4-3-15-5-7-17(8-6-15)19(27)14-26/h5-8,11-12,26,30H,9-10,13-14H2,1-2H3,(H,23,28)/t22-/m1/s1. The van der Waals surface area contributed by atoms with E-state index in [2.05, 4.69) is 11.8 Å². The molecule has 174 valence electrons. The van der Waals surface area contributed by atoms with E-state index in [1.54, 1.807) is 36.5 Å². The van der Waals surface area contributed by atoms with E-state index < -0.39 is 27.1 Å². The van der Waals surface area contributed by atoms with E-state index in [4.69, 9.17) is 10.3 Å². The maximum Gasteiger partial charge on any atom is 0.328 e. The number of hydrogen-bond acceptors (Lipinski definition) is 7. The number of carbonyl (C=O) groups is 3. The molecule has 0 radical (unpaired) electrons. The lowest BCUT2D eigenvalue weighted by Gasteiger charge is -2.27. The van der Waals surface area contributed by atoms with Crippen LogP contribution in [-0.2, 0) is 21.2 Å². The van der Waals surface area contributed by atoms with Crippen LogP contribution in [0.3, 0.4) is 0 Å².